The molecule has 25 heavy (non-hydrogen) atoms. The Kier molecular flexibility index (Phi) is 5.34. The Morgan fingerprint density at radius 2 is 1.80 bits per heavy atom. The highest BCUT2D eigenvalue weighted by Gasteiger charge is 2.52. The van der Waals surface area contributed by atoms with E-state index in [1.54, 1.807) is 12.1 Å². The molecule has 1 aliphatic heterocycles. The summed E-state index contributed by atoms with van der Waals surface area (Å²) in [6.45, 7) is 7.58. The van der Waals surface area contributed by atoms with E-state index in [9.17, 15) is 13.2 Å². The SMILES string of the molecule is CC1(C)OB(C(=Cc2ccc(C#N)c(C(F)(F)F)c2)CS)OC1(C)C. The van der Waals surface area contributed by atoms with E-state index in [1.165, 1.54) is 6.07 Å². The average molecular weight is 369 g/mol. The van der Waals surface area contributed by atoms with Crippen LogP contribution in [0.5, 0.6) is 0 Å². The Labute approximate surface area is 151 Å². The molecule has 0 unspecified atom stereocenters. The largest absolute Gasteiger partial charge is 0.491 e. The number of halogens is 3. The van der Waals surface area contributed by atoms with Crippen LogP contribution < -0.4 is 0 Å². The van der Waals surface area contributed by atoms with Crippen molar-refractivity contribution < 1.29 is 22.5 Å². The first kappa shape index (κ1) is 19.9. The number of hydrogen-bond acceptors (Lipinski definition) is 4. The minimum absolute atomic E-state index is 0.262. The lowest BCUT2D eigenvalue weighted by Crippen LogP contribution is -2.41. The molecule has 0 spiro atoms. The van der Waals surface area contributed by atoms with Gasteiger partial charge in [0.1, 0.15) is 0 Å². The monoisotopic (exact) mass is 369 g/mol. The van der Waals surface area contributed by atoms with Gasteiger partial charge in [0, 0.05) is 5.75 Å². The van der Waals surface area contributed by atoms with Gasteiger partial charge in [-0.2, -0.15) is 31.1 Å². The maximum Gasteiger partial charge on any atom is 0.491 e. The van der Waals surface area contributed by atoms with E-state index in [0.717, 1.165) is 12.1 Å². The molecule has 3 nitrogen and oxygen atoms in total. The number of nitriles is 1. The molecule has 1 fully saturated rings. The van der Waals surface area contributed by atoms with Crippen LogP contribution >= 0.6 is 12.6 Å². The van der Waals surface area contributed by atoms with Crippen LogP contribution in [-0.4, -0.2) is 24.1 Å². The van der Waals surface area contributed by atoms with Gasteiger partial charge in [-0.1, -0.05) is 12.1 Å². The fourth-order valence-electron chi connectivity index (χ4n) is 2.38. The van der Waals surface area contributed by atoms with Crippen molar-refractivity contribution in [1.29, 1.82) is 5.26 Å². The molecule has 1 heterocycles. The fraction of sp³-hybridized carbons (Fsp3) is 0.471. The van der Waals surface area contributed by atoms with Crippen LogP contribution in [0.3, 0.4) is 0 Å². The van der Waals surface area contributed by atoms with Crippen LogP contribution in [0.4, 0.5) is 13.2 Å². The predicted octanol–water partition coefficient (Wildman–Crippen LogP) is 4.52. The molecule has 1 aromatic rings. The van der Waals surface area contributed by atoms with Crippen molar-refractivity contribution in [3.8, 4) is 6.07 Å². The van der Waals surface area contributed by atoms with Crippen LogP contribution in [0.15, 0.2) is 23.7 Å². The predicted molar refractivity (Wildman–Crippen MR) is 94.1 cm³/mol. The van der Waals surface area contributed by atoms with Gasteiger partial charge in [-0.3, -0.25) is 0 Å². The van der Waals surface area contributed by atoms with Gasteiger partial charge < -0.3 is 9.31 Å². The maximum absolute atomic E-state index is 13.1. The zero-order chi connectivity index (χ0) is 19.0. The second-order valence-corrected chi connectivity index (χ2v) is 7.20. The summed E-state index contributed by atoms with van der Waals surface area (Å²) >= 11 is 4.25. The molecule has 0 aliphatic carbocycles. The number of nitrogens with zero attached hydrogens (tertiary/aromatic N) is 1. The number of thiol groups is 1. The molecule has 0 atom stereocenters. The third-order valence-electron chi connectivity index (χ3n) is 4.56. The molecule has 0 amide bonds. The van der Waals surface area contributed by atoms with Crippen molar-refractivity contribution in [3.05, 3.63) is 40.4 Å². The summed E-state index contributed by atoms with van der Waals surface area (Å²) in [5.74, 6) is 0.262. The van der Waals surface area contributed by atoms with E-state index in [-0.39, 0.29) is 5.75 Å². The van der Waals surface area contributed by atoms with E-state index < -0.39 is 35.6 Å². The van der Waals surface area contributed by atoms with Gasteiger partial charge >= 0.3 is 13.3 Å². The van der Waals surface area contributed by atoms with E-state index in [2.05, 4.69) is 12.6 Å². The van der Waals surface area contributed by atoms with Gasteiger partial charge in [0.15, 0.2) is 0 Å². The second-order valence-electron chi connectivity index (χ2n) is 6.88. The Hall–Kier alpha value is -1.43. The summed E-state index contributed by atoms with van der Waals surface area (Å²) in [7, 11) is -0.688. The van der Waals surface area contributed by atoms with Gasteiger partial charge in [0.05, 0.1) is 28.4 Å². The first-order chi connectivity index (χ1) is 11.4. The lowest BCUT2D eigenvalue weighted by atomic mass is 9.78. The van der Waals surface area contributed by atoms with E-state index in [0.29, 0.717) is 11.0 Å². The van der Waals surface area contributed by atoms with Crippen LogP contribution in [0.2, 0.25) is 0 Å². The zero-order valence-electron chi connectivity index (χ0n) is 14.4. The fourth-order valence-corrected chi connectivity index (χ4v) is 2.62. The van der Waals surface area contributed by atoms with Crippen molar-refractivity contribution in [2.45, 2.75) is 45.1 Å². The molecule has 0 saturated carbocycles. The van der Waals surface area contributed by atoms with Crippen molar-refractivity contribution in [3.63, 3.8) is 0 Å². The summed E-state index contributed by atoms with van der Waals surface area (Å²) in [5, 5.41) is 8.87. The van der Waals surface area contributed by atoms with Crippen molar-refractivity contribution in [1.82, 2.24) is 0 Å². The van der Waals surface area contributed by atoms with Crippen LogP contribution in [0.1, 0.15) is 44.4 Å². The standard InChI is InChI=1S/C17H19BF3NO2S/c1-15(2)16(3,4)24-18(23-15)13(10-25)7-11-5-6-12(9-22)14(8-11)17(19,20)21/h5-8,25H,10H2,1-4H3. The highest BCUT2D eigenvalue weighted by Crippen LogP contribution is 2.39. The van der Waals surface area contributed by atoms with Crippen LogP contribution in [0, 0.1) is 11.3 Å². The molecule has 8 heteroatoms. The van der Waals surface area contributed by atoms with Crippen molar-refractivity contribution >= 4 is 25.8 Å². The Morgan fingerprint density at radius 1 is 1.24 bits per heavy atom. The molecular weight excluding hydrogens is 350 g/mol. The molecule has 1 aliphatic rings. The Morgan fingerprint density at radius 3 is 2.24 bits per heavy atom. The van der Waals surface area contributed by atoms with Gasteiger partial charge in [-0.05, 0) is 50.9 Å². The van der Waals surface area contributed by atoms with E-state index >= 15 is 0 Å². The van der Waals surface area contributed by atoms with Gasteiger partial charge in [-0.15, -0.1) is 0 Å². The van der Waals surface area contributed by atoms with Gasteiger partial charge in [0.25, 0.3) is 0 Å². The molecule has 0 bridgehead atoms. The quantitative estimate of drug-likeness (QED) is 0.629. The molecule has 2 rings (SSSR count). The number of hydrogen-bond donors (Lipinski definition) is 1. The molecular formula is C17H19BF3NO2S. The summed E-state index contributed by atoms with van der Waals surface area (Å²) in [6.07, 6.45) is -3.04. The van der Waals surface area contributed by atoms with Crippen molar-refractivity contribution in [2.75, 3.05) is 5.75 Å². The Bertz CT molecular complexity index is 722. The first-order valence-electron chi connectivity index (χ1n) is 7.69. The third kappa shape index (κ3) is 4.05. The molecule has 0 radical (unpaired) electrons. The van der Waals surface area contributed by atoms with Crippen LogP contribution in [0.25, 0.3) is 6.08 Å². The molecule has 134 valence electrons. The number of benzene rings is 1. The number of rotatable bonds is 3. The number of alkyl halides is 3. The smallest absolute Gasteiger partial charge is 0.400 e. The minimum atomic E-state index is -4.60. The lowest BCUT2D eigenvalue weighted by Gasteiger charge is -2.32. The minimum Gasteiger partial charge on any atom is -0.400 e. The van der Waals surface area contributed by atoms with Gasteiger partial charge in [0.2, 0.25) is 0 Å². The maximum atomic E-state index is 13.1. The second kappa shape index (κ2) is 6.71. The average Bonchev–Trinajstić information content (AvgIpc) is 2.71. The summed E-state index contributed by atoms with van der Waals surface area (Å²) in [5.41, 5.74) is -1.56. The van der Waals surface area contributed by atoms with Crippen LogP contribution in [-0.2, 0) is 15.5 Å². The summed E-state index contributed by atoms with van der Waals surface area (Å²) in [6, 6.07) is 5.14. The highest BCUT2D eigenvalue weighted by molar-refractivity contribution is 7.80. The molecule has 0 N–H and O–H groups in total. The molecule has 0 aromatic heterocycles. The zero-order valence-corrected chi connectivity index (χ0v) is 15.3. The molecule has 1 saturated heterocycles. The topological polar surface area (TPSA) is 42.2 Å². The summed E-state index contributed by atoms with van der Waals surface area (Å²) in [4.78, 5) is 0. The normalized spacial score (nSPS) is 19.8. The van der Waals surface area contributed by atoms with E-state index in [4.69, 9.17) is 14.6 Å². The van der Waals surface area contributed by atoms with E-state index in [1.807, 2.05) is 27.7 Å². The van der Waals surface area contributed by atoms with Crippen molar-refractivity contribution in [2.24, 2.45) is 0 Å². The third-order valence-corrected chi connectivity index (χ3v) is 4.93. The first-order valence-corrected chi connectivity index (χ1v) is 8.33. The molecule has 1 aromatic carbocycles. The lowest BCUT2D eigenvalue weighted by molar-refractivity contribution is -0.137. The highest BCUT2D eigenvalue weighted by atomic mass is 32.1. The van der Waals surface area contributed by atoms with Gasteiger partial charge in [-0.25, -0.2) is 0 Å². The summed E-state index contributed by atoms with van der Waals surface area (Å²) < 4.78 is 51.1. The Balaban J connectivity index is 2.40.